The molecule has 0 aliphatic carbocycles. The van der Waals surface area contributed by atoms with E-state index in [9.17, 15) is 9.59 Å². The van der Waals surface area contributed by atoms with Crippen molar-refractivity contribution in [2.45, 2.75) is 65.2 Å². The number of carbonyl (C=O) groups excluding carboxylic acids is 2. The van der Waals surface area contributed by atoms with Gasteiger partial charge in [0.15, 0.2) is 11.5 Å². The molecular weight excluding hydrogens is 436 g/mol. The summed E-state index contributed by atoms with van der Waals surface area (Å²) in [6.45, 7) is 13.7. The van der Waals surface area contributed by atoms with Crippen molar-refractivity contribution in [2.24, 2.45) is 0 Å². The number of piperidine rings is 1. The summed E-state index contributed by atoms with van der Waals surface area (Å²) in [4.78, 5) is 36.2. The first-order chi connectivity index (χ1) is 17.0. The van der Waals surface area contributed by atoms with Gasteiger partial charge in [-0.2, -0.15) is 0 Å². The Kier molecular flexibility index (Phi) is 8.09. The third-order valence-electron chi connectivity index (χ3n) is 6.93. The molecule has 182 valence electrons. The average Bonchev–Trinajstić information content (AvgIpc) is 3.17. The summed E-state index contributed by atoms with van der Waals surface area (Å²) in [5.41, 5.74) is 5.59. The quantitative estimate of drug-likeness (QED) is 0.260. The van der Waals surface area contributed by atoms with Crippen LogP contribution < -0.4 is 0 Å². The Bertz CT molecular complexity index is 1240. The summed E-state index contributed by atoms with van der Waals surface area (Å²) in [7, 11) is 0. The van der Waals surface area contributed by atoms with Crippen LogP contribution in [-0.4, -0.2) is 45.7 Å². The van der Waals surface area contributed by atoms with Crippen molar-refractivity contribution in [1.29, 1.82) is 0 Å². The number of ketones is 2. The minimum absolute atomic E-state index is 0.0981. The van der Waals surface area contributed by atoms with Gasteiger partial charge in [-0.15, -0.1) is 0 Å². The number of nitrogens with zero attached hydrogens (tertiary/aromatic N) is 4. The van der Waals surface area contributed by atoms with Gasteiger partial charge in [0, 0.05) is 30.4 Å². The topological polar surface area (TPSA) is 59.6 Å². The summed E-state index contributed by atoms with van der Waals surface area (Å²) in [5, 5.41) is 0. The third-order valence-corrected chi connectivity index (χ3v) is 6.93. The molecule has 0 unspecified atom stereocenters. The van der Waals surface area contributed by atoms with Gasteiger partial charge in [0.05, 0.1) is 29.7 Å². The summed E-state index contributed by atoms with van der Waals surface area (Å²) in [6.07, 6.45) is 9.06. The smallest absolute Gasteiger partial charge is 0.187 e. The molecule has 4 rings (SSSR count). The summed E-state index contributed by atoms with van der Waals surface area (Å²) >= 11 is 0. The molecule has 6 nitrogen and oxygen atoms in total. The van der Waals surface area contributed by atoms with Crippen molar-refractivity contribution in [3.05, 3.63) is 64.8 Å². The van der Waals surface area contributed by atoms with E-state index in [1.807, 2.05) is 25.3 Å². The zero-order chi connectivity index (χ0) is 24.8. The Morgan fingerprint density at radius 1 is 1.09 bits per heavy atom. The highest BCUT2D eigenvalue weighted by Gasteiger charge is 2.24. The van der Waals surface area contributed by atoms with Crippen LogP contribution in [0, 0.1) is 13.5 Å². The van der Waals surface area contributed by atoms with Gasteiger partial charge in [0.25, 0.3) is 0 Å². The Balaban J connectivity index is 1.71. The number of likely N-dealkylation sites (tertiary alicyclic amines) is 1. The van der Waals surface area contributed by atoms with Gasteiger partial charge in [-0.25, -0.2) is 4.85 Å². The van der Waals surface area contributed by atoms with Gasteiger partial charge < -0.3 is 4.57 Å². The second kappa shape index (κ2) is 11.4. The molecule has 35 heavy (non-hydrogen) atoms. The van der Waals surface area contributed by atoms with Crippen molar-refractivity contribution in [2.75, 3.05) is 19.6 Å². The normalized spacial score (nSPS) is 14.2. The van der Waals surface area contributed by atoms with Gasteiger partial charge in [-0.1, -0.05) is 31.9 Å². The fourth-order valence-electron chi connectivity index (χ4n) is 4.98. The van der Waals surface area contributed by atoms with E-state index in [1.165, 1.54) is 6.42 Å². The van der Waals surface area contributed by atoms with Gasteiger partial charge >= 0.3 is 0 Å². The number of benzene rings is 1. The van der Waals surface area contributed by atoms with E-state index in [4.69, 9.17) is 11.6 Å². The fourth-order valence-corrected chi connectivity index (χ4v) is 4.98. The van der Waals surface area contributed by atoms with Crippen LogP contribution in [0.1, 0.15) is 73.5 Å². The number of hydrogen-bond donors (Lipinski definition) is 0. The molecule has 2 aromatic heterocycles. The van der Waals surface area contributed by atoms with Crippen molar-refractivity contribution < 1.29 is 9.59 Å². The molecule has 0 saturated carbocycles. The molecule has 0 bridgehead atoms. The van der Waals surface area contributed by atoms with E-state index in [-0.39, 0.29) is 11.6 Å². The predicted molar refractivity (Wildman–Crippen MR) is 140 cm³/mol. The number of fused-ring (bicyclic) bond motifs is 1. The molecule has 0 N–H and O–H groups in total. The Hall–Kier alpha value is -3.30. The molecule has 1 aromatic carbocycles. The van der Waals surface area contributed by atoms with Crippen LogP contribution in [0.3, 0.4) is 0 Å². The lowest BCUT2D eigenvalue weighted by molar-refractivity contribution is -0.119. The zero-order valence-corrected chi connectivity index (χ0v) is 20.8. The van der Waals surface area contributed by atoms with Crippen molar-refractivity contribution in [3.8, 4) is 5.69 Å². The van der Waals surface area contributed by atoms with E-state index < -0.39 is 0 Å². The number of aryl methyl sites for hydroxylation is 1. The Morgan fingerprint density at radius 2 is 1.83 bits per heavy atom. The molecule has 3 heterocycles. The number of hydrogen-bond acceptors (Lipinski definition) is 4. The van der Waals surface area contributed by atoms with Gasteiger partial charge in [0.2, 0.25) is 0 Å². The van der Waals surface area contributed by atoms with E-state index in [0.29, 0.717) is 42.6 Å². The lowest BCUT2D eigenvalue weighted by Crippen LogP contribution is -2.34. The van der Waals surface area contributed by atoms with Crippen LogP contribution in [0.15, 0.2) is 36.5 Å². The molecule has 1 aliphatic heterocycles. The van der Waals surface area contributed by atoms with Crippen LogP contribution in [0.25, 0.3) is 21.6 Å². The zero-order valence-electron chi connectivity index (χ0n) is 20.8. The maximum absolute atomic E-state index is 13.5. The lowest BCUT2D eigenvalue weighted by atomic mass is 10.0. The van der Waals surface area contributed by atoms with Gasteiger partial charge in [-0.05, 0) is 69.5 Å². The number of aromatic nitrogens is 2. The molecule has 6 heteroatoms. The second-order valence-electron chi connectivity index (χ2n) is 9.54. The van der Waals surface area contributed by atoms with Crippen molar-refractivity contribution in [1.82, 2.24) is 14.5 Å². The van der Waals surface area contributed by atoms with Crippen molar-refractivity contribution in [3.63, 3.8) is 0 Å². The first-order valence-electron chi connectivity index (χ1n) is 12.8. The molecule has 0 amide bonds. The minimum atomic E-state index is 0.0981. The highest BCUT2D eigenvalue weighted by atomic mass is 16.1. The Labute approximate surface area is 207 Å². The molecular formula is C29H34N4O2. The SMILES string of the molecule is [C-]#[N+]c1ccc(-n2c(C)c(C(=O)CN3CCCCC3)c3ncc(CCC(=O)CCCC)cc32)cc1. The summed E-state index contributed by atoms with van der Waals surface area (Å²) in [5.74, 6) is 0.381. The van der Waals surface area contributed by atoms with Crippen LogP contribution in [0.4, 0.5) is 5.69 Å². The molecule has 0 radical (unpaired) electrons. The maximum atomic E-state index is 13.5. The number of rotatable bonds is 10. The molecule has 1 fully saturated rings. The van der Waals surface area contributed by atoms with Crippen LogP contribution in [0.5, 0.6) is 0 Å². The standard InChI is InChI=1S/C29H34N4O2/c1-4-5-9-25(34)15-10-22-18-26-29(31-19-22)28(27(35)20-32-16-7-6-8-17-32)21(2)33(26)24-13-11-23(30-3)12-14-24/h11-14,18-19H,4-10,15-17,20H2,1-2H3. The van der Waals surface area contributed by atoms with E-state index in [0.717, 1.165) is 61.2 Å². The molecule has 0 atom stereocenters. The monoisotopic (exact) mass is 470 g/mol. The first-order valence-corrected chi connectivity index (χ1v) is 12.8. The maximum Gasteiger partial charge on any atom is 0.187 e. The van der Waals surface area contributed by atoms with Crippen LogP contribution in [0.2, 0.25) is 0 Å². The summed E-state index contributed by atoms with van der Waals surface area (Å²) in [6, 6.07) is 9.50. The number of Topliss-reactive ketones (excluding diaryl/α,β-unsaturated/α-hetero) is 2. The highest BCUT2D eigenvalue weighted by molar-refractivity contribution is 6.09. The Morgan fingerprint density at radius 3 is 2.51 bits per heavy atom. The average molecular weight is 471 g/mol. The first kappa shape index (κ1) is 24.8. The number of pyridine rings is 1. The molecule has 0 spiro atoms. The second-order valence-corrected chi connectivity index (χ2v) is 9.54. The van der Waals surface area contributed by atoms with Crippen LogP contribution in [-0.2, 0) is 11.2 Å². The number of carbonyl (C=O) groups is 2. The van der Waals surface area contributed by atoms with E-state index >= 15 is 0 Å². The summed E-state index contributed by atoms with van der Waals surface area (Å²) < 4.78 is 2.07. The van der Waals surface area contributed by atoms with Gasteiger partial charge in [-0.3, -0.25) is 19.5 Å². The van der Waals surface area contributed by atoms with E-state index in [2.05, 4.69) is 27.3 Å². The largest absolute Gasteiger partial charge is 0.312 e. The predicted octanol–water partition coefficient (Wildman–Crippen LogP) is 6.25. The fraction of sp³-hybridized carbons (Fsp3) is 0.448. The van der Waals surface area contributed by atoms with Gasteiger partial charge in [0.1, 0.15) is 5.78 Å². The third kappa shape index (κ3) is 5.68. The lowest BCUT2D eigenvalue weighted by Gasteiger charge is -2.25. The molecule has 1 aliphatic rings. The molecule has 1 saturated heterocycles. The van der Waals surface area contributed by atoms with Crippen molar-refractivity contribution >= 4 is 28.3 Å². The molecule has 3 aromatic rings. The highest BCUT2D eigenvalue weighted by Crippen LogP contribution is 2.30. The minimum Gasteiger partial charge on any atom is -0.312 e. The number of unbranched alkanes of at least 4 members (excludes halogenated alkanes) is 1. The van der Waals surface area contributed by atoms with Crippen LogP contribution >= 0.6 is 0 Å². The van der Waals surface area contributed by atoms with E-state index in [1.54, 1.807) is 12.1 Å².